The molecule has 3 rings (SSSR count). The monoisotopic (exact) mass is 340 g/mol. The molecule has 0 aliphatic carbocycles. The third-order valence-electron chi connectivity index (χ3n) is 4.61. The van der Waals surface area contributed by atoms with Crippen LogP contribution >= 0.6 is 0 Å². The second kappa shape index (κ2) is 7.96. The average Bonchev–Trinajstić information content (AvgIpc) is 3.16. The van der Waals surface area contributed by atoms with E-state index >= 15 is 0 Å². The van der Waals surface area contributed by atoms with Crippen LogP contribution < -0.4 is 5.32 Å². The van der Waals surface area contributed by atoms with Crippen LogP contribution in [0, 0.1) is 0 Å². The van der Waals surface area contributed by atoms with Gasteiger partial charge in [0.15, 0.2) is 0 Å². The van der Waals surface area contributed by atoms with E-state index in [0.717, 1.165) is 24.9 Å². The quantitative estimate of drug-likeness (QED) is 0.908. The molecule has 1 N–H and O–H groups in total. The molecule has 1 aliphatic heterocycles. The number of amides is 2. The highest BCUT2D eigenvalue weighted by Crippen LogP contribution is 2.24. The molecule has 1 aromatic carbocycles. The molecule has 1 saturated heterocycles. The van der Waals surface area contributed by atoms with Crippen LogP contribution in [0.15, 0.2) is 48.8 Å². The minimum Gasteiger partial charge on any atom is -0.349 e. The number of nitrogens with zero attached hydrogens (tertiary/aromatic N) is 3. The van der Waals surface area contributed by atoms with Gasteiger partial charge >= 0.3 is 0 Å². The van der Waals surface area contributed by atoms with Gasteiger partial charge in [0.25, 0.3) is 0 Å². The summed E-state index contributed by atoms with van der Waals surface area (Å²) in [6.45, 7) is 2.91. The molecule has 2 heterocycles. The van der Waals surface area contributed by atoms with E-state index in [4.69, 9.17) is 0 Å². The van der Waals surface area contributed by atoms with Crippen LogP contribution in [0.3, 0.4) is 0 Å². The summed E-state index contributed by atoms with van der Waals surface area (Å²) in [6, 6.07) is 11.5. The van der Waals surface area contributed by atoms with Gasteiger partial charge in [0.2, 0.25) is 11.8 Å². The second-order valence-corrected chi connectivity index (χ2v) is 6.49. The highest BCUT2D eigenvalue weighted by Gasteiger charge is 2.27. The highest BCUT2D eigenvalue weighted by molar-refractivity contribution is 5.79. The number of rotatable bonds is 5. The zero-order chi connectivity index (χ0) is 17.6. The number of nitrogens with one attached hydrogen (secondary N) is 1. The summed E-state index contributed by atoms with van der Waals surface area (Å²) in [5, 5.41) is 7.20. The molecule has 25 heavy (non-hydrogen) atoms. The first kappa shape index (κ1) is 17.2. The molecule has 6 heteroatoms. The van der Waals surface area contributed by atoms with Crippen LogP contribution in [-0.2, 0) is 9.59 Å². The van der Waals surface area contributed by atoms with E-state index in [1.165, 1.54) is 6.92 Å². The molecule has 1 fully saturated rings. The van der Waals surface area contributed by atoms with E-state index in [-0.39, 0.29) is 30.3 Å². The molecule has 6 nitrogen and oxygen atoms in total. The van der Waals surface area contributed by atoms with Crippen molar-refractivity contribution in [3.05, 3.63) is 54.4 Å². The summed E-state index contributed by atoms with van der Waals surface area (Å²) in [5.74, 6) is -0.0609. The molecule has 2 amide bonds. The molecule has 1 aliphatic rings. The van der Waals surface area contributed by atoms with Gasteiger partial charge in [-0.05, 0) is 24.5 Å². The minimum atomic E-state index is -0.295. The fourth-order valence-corrected chi connectivity index (χ4v) is 3.38. The van der Waals surface area contributed by atoms with E-state index in [0.29, 0.717) is 6.54 Å². The van der Waals surface area contributed by atoms with E-state index in [1.54, 1.807) is 6.20 Å². The standard InChI is InChI=1S/C19H24N4O2/c1-15(24)21-18(16-7-3-2-4-8-16)13-19(25)22-11-5-9-17(14-22)23-12-6-10-20-23/h2-4,6-8,10,12,17-18H,5,9,11,13-14H2,1H3,(H,21,24). The molecular formula is C19H24N4O2. The smallest absolute Gasteiger partial charge is 0.225 e. The maximum atomic E-state index is 12.8. The Labute approximate surface area is 147 Å². The lowest BCUT2D eigenvalue weighted by Gasteiger charge is -2.34. The fraction of sp³-hybridized carbons (Fsp3) is 0.421. The van der Waals surface area contributed by atoms with Gasteiger partial charge in [-0.2, -0.15) is 5.10 Å². The van der Waals surface area contributed by atoms with Gasteiger partial charge in [0.1, 0.15) is 0 Å². The zero-order valence-electron chi connectivity index (χ0n) is 14.5. The summed E-state index contributed by atoms with van der Waals surface area (Å²) in [6.07, 6.45) is 5.98. The SMILES string of the molecule is CC(=O)NC(CC(=O)N1CCCC(n2cccn2)C1)c1ccccc1. The third kappa shape index (κ3) is 4.47. The molecule has 0 radical (unpaired) electrons. The van der Waals surface area contributed by atoms with Gasteiger partial charge in [0.05, 0.1) is 18.5 Å². The molecular weight excluding hydrogens is 316 g/mol. The van der Waals surface area contributed by atoms with Crippen LogP contribution in [0.4, 0.5) is 0 Å². The van der Waals surface area contributed by atoms with E-state index in [2.05, 4.69) is 10.4 Å². The molecule has 2 aromatic rings. The normalized spacial score (nSPS) is 18.6. The molecule has 132 valence electrons. The Morgan fingerprint density at radius 1 is 1.28 bits per heavy atom. The van der Waals surface area contributed by atoms with Crippen LogP contribution in [-0.4, -0.2) is 39.6 Å². The summed E-state index contributed by atoms with van der Waals surface area (Å²) >= 11 is 0. The van der Waals surface area contributed by atoms with Crippen molar-refractivity contribution in [2.24, 2.45) is 0 Å². The number of piperidine rings is 1. The topological polar surface area (TPSA) is 67.2 Å². The summed E-state index contributed by atoms with van der Waals surface area (Å²) < 4.78 is 1.93. The Kier molecular flexibility index (Phi) is 5.48. The molecule has 0 saturated carbocycles. The van der Waals surface area contributed by atoms with Crippen LogP contribution in [0.25, 0.3) is 0 Å². The number of carbonyl (C=O) groups is 2. The number of hydrogen-bond acceptors (Lipinski definition) is 3. The van der Waals surface area contributed by atoms with Gasteiger partial charge in [-0.1, -0.05) is 30.3 Å². The summed E-state index contributed by atoms with van der Waals surface area (Å²) in [5.41, 5.74) is 0.951. The molecule has 2 unspecified atom stereocenters. The molecule has 2 atom stereocenters. The Hall–Kier alpha value is -2.63. The maximum absolute atomic E-state index is 12.8. The van der Waals surface area contributed by atoms with Gasteiger partial charge in [0, 0.05) is 32.4 Å². The van der Waals surface area contributed by atoms with E-state index in [9.17, 15) is 9.59 Å². The Morgan fingerprint density at radius 2 is 2.08 bits per heavy atom. The van der Waals surface area contributed by atoms with Crippen molar-refractivity contribution in [3.8, 4) is 0 Å². The first-order valence-electron chi connectivity index (χ1n) is 8.72. The fourth-order valence-electron chi connectivity index (χ4n) is 3.38. The summed E-state index contributed by atoms with van der Waals surface area (Å²) in [7, 11) is 0. The predicted molar refractivity (Wildman–Crippen MR) is 94.7 cm³/mol. The van der Waals surface area contributed by atoms with Crippen molar-refractivity contribution in [3.63, 3.8) is 0 Å². The summed E-state index contributed by atoms with van der Waals surface area (Å²) in [4.78, 5) is 26.3. The van der Waals surface area contributed by atoms with E-state index in [1.807, 2.05) is 52.2 Å². The Bertz CT molecular complexity index is 699. The van der Waals surface area contributed by atoms with Crippen molar-refractivity contribution < 1.29 is 9.59 Å². The van der Waals surface area contributed by atoms with Crippen molar-refractivity contribution >= 4 is 11.8 Å². The Morgan fingerprint density at radius 3 is 2.76 bits per heavy atom. The van der Waals surface area contributed by atoms with Gasteiger partial charge in [-0.25, -0.2) is 0 Å². The number of aromatic nitrogens is 2. The zero-order valence-corrected chi connectivity index (χ0v) is 14.5. The van der Waals surface area contributed by atoms with Crippen molar-refractivity contribution in [2.75, 3.05) is 13.1 Å². The van der Waals surface area contributed by atoms with Gasteiger partial charge in [-0.15, -0.1) is 0 Å². The van der Waals surface area contributed by atoms with Gasteiger partial charge < -0.3 is 10.2 Å². The lowest BCUT2D eigenvalue weighted by atomic mass is 10.0. The van der Waals surface area contributed by atoms with Crippen LogP contribution in [0.1, 0.15) is 43.8 Å². The van der Waals surface area contributed by atoms with Crippen LogP contribution in [0.2, 0.25) is 0 Å². The van der Waals surface area contributed by atoms with Crippen molar-refractivity contribution in [1.29, 1.82) is 0 Å². The third-order valence-corrected chi connectivity index (χ3v) is 4.61. The van der Waals surface area contributed by atoms with Crippen molar-refractivity contribution in [1.82, 2.24) is 20.0 Å². The molecule has 1 aromatic heterocycles. The van der Waals surface area contributed by atoms with E-state index < -0.39 is 0 Å². The first-order valence-corrected chi connectivity index (χ1v) is 8.72. The highest BCUT2D eigenvalue weighted by atomic mass is 16.2. The van der Waals surface area contributed by atoms with Crippen molar-refractivity contribution in [2.45, 2.75) is 38.3 Å². The molecule has 0 spiro atoms. The average molecular weight is 340 g/mol. The Balaban J connectivity index is 1.67. The lowest BCUT2D eigenvalue weighted by molar-refractivity contribution is -0.133. The molecule has 0 bridgehead atoms. The lowest BCUT2D eigenvalue weighted by Crippen LogP contribution is -2.42. The predicted octanol–water partition coefficient (Wildman–Crippen LogP) is 2.31. The minimum absolute atomic E-state index is 0.0689. The number of hydrogen-bond donors (Lipinski definition) is 1. The number of benzene rings is 1. The maximum Gasteiger partial charge on any atom is 0.225 e. The largest absolute Gasteiger partial charge is 0.349 e. The number of carbonyl (C=O) groups excluding carboxylic acids is 2. The first-order chi connectivity index (χ1) is 12.1. The van der Waals surface area contributed by atoms with Gasteiger partial charge in [-0.3, -0.25) is 14.3 Å². The number of likely N-dealkylation sites (tertiary alicyclic amines) is 1. The second-order valence-electron chi connectivity index (χ2n) is 6.49. The van der Waals surface area contributed by atoms with Crippen LogP contribution in [0.5, 0.6) is 0 Å².